The zero-order valence-electron chi connectivity index (χ0n) is 11.9. The number of benzene rings is 2. The van der Waals surface area contributed by atoms with Gasteiger partial charge in [-0.05, 0) is 15.9 Å². The van der Waals surface area contributed by atoms with Crippen molar-refractivity contribution in [1.29, 1.82) is 0 Å². The molecular weight excluding hydrogens is 388 g/mol. The van der Waals surface area contributed by atoms with Crippen LogP contribution in [0.2, 0.25) is 0 Å². The quantitative estimate of drug-likeness (QED) is 0.400. The van der Waals surface area contributed by atoms with Gasteiger partial charge in [-0.3, -0.25) is 0 Å². The highest BCUT2D eigenvalue weighted by Crippen LogP contribution is 2.39. The molecule has 0 atom stereocenters. The van der Waals surface area contributed by atoms with Gasteiger partial charge in [0.1, 0.15) is 14.6 Å². The van der Waals surface area contributed by atoms with E-state index in [1.54, 1.807) is 22.7 Å². The molecular formula is C18H11BrN2S2. The van der Waals surface area contributed by atoms with Crippen LogP contribution < -0.4 is 0 Å². The highest BCUT2D eigenvalue weighted by Gasteiger charge is 2.15. The monoisotopic (exact) mass is 398 g/mol. The first kappa shape index (κ1) is 14.8. The Morgan fingerprint density at radius 2 is 1.35 bits per heavy atom. The summed E-state index contributed by atoms with van der Waals surface area (Å²) in [6.45, 7) is 0. The molecule has 0 saturated carbocycles. The molecule has 2 heterocycles. The van der Waals surface area contributed by atoms with Crippen LogP contribution in [-0.2, 0) is 0 Å². The second-order valence-electron chi connectivity index (χ2n) is 4.91. The molecule has 0 spiro atoms. The van der Waals surface area contributed by atoms with Crippen LogP contribution in [0, 0.1) is 0 Å². The van der Waals surface area contributed by atoms with E-state index in [1.807, 2.05) is 36.4 Å². The minimum atomic E-state index is 0.853. The van der Waals surface area contributed by atoms with Gasteiger partial charge in [-0.15, -0.1) is 22.7 Å². The van der Waals surface area contributed by atoms with Gasteiger partial charge in [0.25, 0.3) is 0 Å². The van der Waals surface area contributed by atoms with E-state index in [1.165, 1.54) is 0 Å². The number of hydrogen-bond acceptors (Lipinski definition) is 4. The maximum absolute atomic E-state index is 4.78. The number of thiazole rings is 2. The topological polar surface area (TPSA) is 25.8 Å². The van der Waals surface area contributed by atoms with Gasteiger partial charge in [0.05, 0.1) is 10.6 Å². The van der Waals surface area contributed by atoms with Crippen LogP contribution in [0.4, 0.5) is 0 Å². The Kier molecular flexibility index (Phi) is 4.08. The number of nitrogens with zero attached hydrogens (tertiary/aromatic N) is 2. The molecule has 0 amide bonds. The van der Waals surface area contributed by atoms with Gasteiger partial charge in [0.15, 0.2) is 0 Å². The fourth-order valence-electron chi connectivity index (χ4n) is 2.26. The van der Waals surface area contributed by atoms with Gasteiger partial charge in [0, 0.05) is 16.5 Å². The average molecular weight is 399 g/mol. The lowest BCUT2D eigenvalue weighted by molar-refractivity contribution is 1.34. The van der Waals surface area contributed by atoms with E-state index in [4.69, 9.17) is 4.98 Å². The summed E-state index contributed by atoms with van der Waals surface area (Å²) < 4.78 is 0.853. The molecule has 5 heteroatoms. The second kappa shape index (κ2) is 6.35. The summed E-state index contributed by atoms with van der Waals surface area (Å²) in [5, 5.41) is 4.12. The minimum Gasteiger partial charge on any atom is -0.235 e. The molecule has 0 N–H and O–H groups in total. The molecule has 0 fully saturated rings. The molecule has 0 radical (unpaired) electrons. The van der Waals surface area contributed by atoms with Crippen molar-refractivity contribution < 1.29 is 0 Å². The molecule has 0 aliphatic heterocycles. The van der Waals surface area contributed by atoms with Crippen LogP contribution in [-0.4, -0.2) is 9.97 Å². The van der Waals surface area contributed by atoms with Crippen molar-refractivity contribution in [2.24, 2.45) is 0 Å². The average Bonchev–Trinajstić information content (AvgIpc) is 3.23. The third-order valence-corrected chi connectivity index (χ3v) is 6.22. The first-order valence-corrected chi connectivity index (χ1v) is 9.53. The molecule has 0 aliphatic carbocycles. The molecule has 2 nitrogen and oxygen atoms in total. The van der Waals surface area contributed by atoms with E-state index in [2.05, 4.69) is 50.6 Å². The summed E-state index contributed by atoms with van der Waals surface area (Å²) in [6.07, 6.45) is 0. The predicted molar refractivity (Wildman–Crippen MR) is 102 cm³/mol. The Labute approximate surface area is 150 Å². The van der Waals surface area contributed by atoms with Crippen molar-refractivity contribution in [3.8, 4) is 31.7 Å². The van der Waals surface area contributed by atoms with Crippen molar-refractivity contribution in [1.82, 2.24) is 9.97 Å². The predicted octanol–water partition coefficient (Wildman–Crippen LogP) is 6.36. The molecule has 0 saturated heterocycles. The van der Waals surface area contributed by atoms with Crippen LogP contribution in [0.25, 0.3) is 31.7 Å². The van der Waals surface area contributed by atoms with Gasteiger partial charge in [-0.25, -0.2) is 9.97 Å². The summed E-state index contributed by atoms with van der Waals surface area (Å²) in [5.74, 6) is 0. The Hall–Kier alpha value is -1.82. The SMILES string of the molecule is Brc1nc(-c2ccccc2)sc1-c1csc(-c2ccccc2)n1. The Morgan fingerprint density at radius 3 is 2.00 bits per heavy atom. The molecule has 112 valence electrons. The first-order chi connectivity index (χ1) is 11.3. The molecule has 0 aliphatic rings. The number of aromatic nitrogens is 2. The zero-order valence-corrected chi connectivity index (χ0v) is 15.2. The highest BCUT2D eigenvalue weighted by atomic mass is 79.9. The van der Waals surface area contributed by atoms with Gasteiger partial charge in [-0.1, -0.05) is 60.7 Å². The van der Waals surface area contributed by atoms with Crippen LogP contribution in [0.15, 0.2) is 70.6 Å². The van der Waals surface area contributed by atoms with Crippen LogP contribution >= 0.6 is 38.6 Å². The van der Waals surface area contributed by atoms with Gasteiger partial charge in [-0.2, -0.15) is 0 Å². The van der Waals surface area contributed by atoms with Gasteiger partial charge >= 0.3 is 0 Å². The second-order valence-corrected chi connectivity index (χ2v) is 7.52. The van der Waals surface area contributed by atoms with Gasteiger partial charge < -0.3 is 0 Å². The lowest BCUT2D eigenvalue weighted by Gasteiger charge is -1.94. The number of halogens is 1. The molecule has 2 aromatic heterocycles. The van der Waals surface area contributed by atoms with Crippen molar-refractivity contribution in [3.63, 3.8) is 0 Å². The van der Waals surface area contributed by atoms with Crippen molar-refractivity contribution >= 4 is 38.6 Å². The molecule has 23 heavy (non-hydrogen) atoms. The van der Waals surface area contributed by atoms with E-state index in [0.717, 1.165) is 36.3 Å². The molecule has 0 bridgehead atoms. The van der Waals surface area contributed by atoms with Crippen LogP contribution in [0.3, 0.4) is 0 Å². The summed E-state index contributed by atoms with van der Waals surface area (Å²) in [4.78, 5) is 10.5. The highest BCUT2D eigenvalue weighted by molar-refractivity contribution is 9.10. The Morgan fingerprint density at radius 1 is 0.739 bits per heavy atom. The van der Waals surface area contributed by atoms with Crippen molar-refractivity contribution in [2.45, 2.75) is 0 Å². The molecule has 2 aromatic carbocycles. The van der Waals surface area contributed by atoms with E-state index in [0.29, 0.717) is 0 Å². The molecule has 4 aromatic rings. The minimum absolute atomic E-state index is 0.853. The van der Waals surface area contributed by atoms with E-state index < -0.39 is 0 Å². The Balaban J connectivity index is 1.72. The standard InChI is InChI=1S/C18H11BrN2S2/c19-16-15(23-18(21-16)13-9-5-2-6-10-13)14-11-22-17(20-14)12-7-3-1-4-8-12/h1-11H. The zero-order chi connectivity index (χ0) is 15.6. The van der Waals surface area contributed by atoms with Gasteiger partial charge in [0.2, 0.25) is 0 Å². The number of rotatable bonds is 3. The lowest BCUT2D eigenvalue weighted by atomic mass is 10.2. The number of hydrogen-bond donors (Lipinski definition) is 0. The van der Waals surface area contributed by atoms with Crippen molar-refractivity contribution in [3.05, 3.63) is 70.6 Å². The first-order valence-electron chi connectivity index (χ1n) is 7.04. The largest absolute Gasteiger partial charge is 0.235 e. The third kappa shape index (κ3) is 3.00. The maximum Gasteiger partial charge on any atom is 0.127 e. The smallest absolute Gasteiger partial charge is 0.127 e. The lowest BCUT2D eigenvalue weighted by Crippen LogP contribution is -1.77. The normalized spacial score (nSPS) is 10.8. The summed E-state index contributed by atoms with van der Waals surface area (Å²) in [5.41, 5.74) is 3.25. The fourth-order valence-corrected chi connectivity index (χ4v) is 4.81. The van der Waals surface area contributed by atoms with E-state index in [9.17, 15) is 0 Å². The third-order valence-electron chi connectivity index (χ3n) is 3.36. The summed E-state index contributed by atoms with van der Waals surface area (Å²) in [6, 6.07) is 20.5. The Bertz CT molecular complexity index is 930. The van der Waals surface area contributed by atoms with Crippen LogP contribution in [0.1, 0.15) is 0 Å². The molecule has 4 rings (SSSR count). The van der Waals surface area contributed by atoms with Crippen LogP contribution in [0.5, 0.6) is 0 Å². The summed E-state index contributed by atoms with van der Waals surface area (Å²) in [7, 11) is 0. The maximum atomic E-state index is 4.78. The summed E-state index contributed by atoms with van der Waals surface area (Å²) >= 11 is 6.90. The molecule has 0 unspecified atom stereocenters. The van der Waals surface area contributed by atoms with E-state index in [-0.39, 0.29) is 0 Å². The van der Waals surface area contributed by atoms with E-state index >= 15 is 0 Å². The van der Waals surface area contributed by atoms with Crippen molar-refractivity contribution in [2.75, 3.05) is 0 Å². The fraction of sp³-hybridized carbons (Fsp3) is 0.